The lowest BCUT2D eigenvalue weighted by atomic mass is 10.0. The van der Waals surface area contributed by atoms with Crippen molar-refractivity contribution in [1.29, 1.82) is 0 Å². The number of aliphatic hydroxyl groups excluding tert-OH is 1. The summed E-state index contributed by atoms with van der Waals surface area (Å²) in [6.45, 7) is 14.1. The van der Waals surface area contributed by atoms with Crippen LogP contribution < -0.4 is 9.64 Å². The number of ether oxygens (including phenoxy) is 2. The number of aliphatic hydroxyl groups is 1. The van der Waals surface area contributed by atoms with Crippen LogP contribution in [0.5, 0.6) is 5.75 Å². The smallest absolute Gasteiger partial charge is 0.339 e. The first-order valence-corrected chi connectivity index (χ1v) is 13.8. The third kappa shape index (κ3) is 8.55. The Bertz CT molecular complexity index is 1290. The van der Waals surface area contributed by atoms with E-state index in [4.69, 9.17) is 9.47 Å². The Hall–Kier alpha value is -3.90. The average molecular weight is 544 g/mol. The van der Waals surface area contributed by atoms with E-state index in [2.05, 4.69) is 63.4 Å². The van der Waals surface area contributed by atoms with Gasteiger partial charge in [-0.2, -0.15) is 0 Å². The Morgan fingerprint density at radius 1 is 0.875 bits per heavy atom. The van der Waals surface area contributed by atoms with E-state index in [-0.39, 0.29) is 6.61 Å². The first kappa shape index (κ1) is 30.6. The minimum Gasteiger partial charge on any atom is -0.459 e. The molecule has 0 spiro atoms. The summed E-state index contributed by atoms with van der Waals surface area (Å²) in [5.41, 5.74) is 4.82. The van der Waals surface area contributed by atoms with Gasteiger partial charge in [0, 0.05) is 23.3 Å². The van der Waals surface area contributed by atoms with Crippen LogP contribution in [0.2, 0.25) is 0 Å². The van der Waals surface area contributed by atoms with E-state index in [1.54, 1.807) is 43.3 Å². The molecule has 0 aliphatic rings. The van der Waals surface area contributed by atoms with Crippen LogP contribution in [0.15, 0.2) is 84.9 Å². The lowest BCUT2D eigenvalue weighted by Gasteiger charge is -2.33. The molecular formula is C34H41NO5. The van der Waals surface area contributed by atoms with Crippen molar-refractivity contribution in [2.24, 2.45) is 0 Å². The summed E-state index contributed by atoms with van der Waals surface area (Å²) in [6, 6.07) is 23.5. The van der Waals surface area contributed by atoms with Gasteiger partial charge in [0.15, 0.2) is 6.10 Å². The molecule has 0 amide bonds. The maximum Gasteiger partial charge on any atom is 0.339 e. The topological polar surface area (TPSA) is 76.1 Å². The molecule has 0 radical (unpaired) electrons. The highest BCUT2D eigenvalue weighted by molar-refractivity contribution is 5.89. The highest BCUT2D eigenvalue weighted by Crippen LogP contribution is 2.26. The van der Waals surface area contributed by atoms with Crippen molar-refractivity contribution in [3.63, 3.8) is 0 Å². The lowest BCUT2D eigenvalue weighted by molar-refractivity contribution is -0.155. The van der Waals surface area contributed by atoms with Gasteiger partial charge in [-0.3, -0.25) is 0 Å². The van der Waals surface area contributed by atoms with E-state index in [1.807, 2.05) is 12.1 Å². The Labute approximate surface area is 238 Å². The zero-order valence-corrected chi connectivity index (χ0v) is 24.2. The summed E-state index contributed by atoms with van der Waals surface area (Å²) in [4.78, 5) is 27.1. The van der Waals surface area contributed by atoms with Crippen molar-refractivity contribution in [3.05, 3.63) is 107 Å². The second kappa shape index (κ2) is 14.5. The van der Waals surface area contributed by atoms with E-state index in [9.17, 15) is 14.7 Å². The molecule has 0 aliphatic carbocycles. The molecule has 212 valence electrons. The highest BCUT2D eigenvalue weighted by Gasteiger charge is 2.19. The van der Waals surface area contributed by atoms with Crippen LogP contribution in [-0.2, 0) is 33.8 Å². The molecule has 1 N–H and O–H groups in total. The van der Waals surface area contributed by atoms with Crippen molar-refractivity contribution >= 4 is 17.6 Å². The van der Waals surface area contributed by atoms with Gasteiger partial charge >= 0.3 is 11.9 Å². The molecule has 6 heteroatoms. The molecule has 0 bridgehead atoms. The number of esters is 2. The van der Waals surface area contributed by atoms with Gasteiger partial charge in [0.25, 0.3) is 0 Å². The van der Waals surface area contributed by atoms with Crippen LogP contribution >= 0.6 is 0 Å². The van der Waals surface area contributed by atoms with Gasteiger partial charge in [-0.1, -0.05) is 55.1 Å². The van der Waals surface area contributed by atoms with Crippen molar-refractivity contribution in [2.45, 2.75) is 78.7 Å². The Kier molecular flexibility index (Phi) is 11.1. The number of aryl methyl sites for hydroxylation is 2. The van der Waals surface area contributed by atoms with E-state index in [1.165, 1.54) is 11.3 Å². The SMILES string of the molecule is C=C(C)C(=O)Oc1ccc(COC(=O)[C@H](O)c2ccccc2)cc1CCCc1cccc(N(C(C)C)C(C)C)c1. The average Bonchev–Trinajstić information content (AvgIpc) is 2.92. The molecule has 3 rings (SSSR count). The summed E-state index contributed by atoms with van der Waals surface area (Å²) in [5.74, 6) is -0.740. The molecular weight excluding hydrogens is 502 g/mol. The highest BCUT2D eigenvalue weighted by atomic mass is 16.5. The molecule has 0 saturated heterocycles. The number of nitrogens with zero attached hydrogens (tertiary/aromatic N) is 1. The maximum atomic E-state index is 12.4. The number of benzene rings is 3. The largest absolute Gasteiger partial charge is 0.459 e. The molecule has 0 heterocycles. The van der Waals surface area contributed by atoms with Crippen LogP contribution in [-0.4, -0.2) is 29.1 Å². The van der Waals surface area contributed by atoms with E-state index in [0.717, 1.165) is 24.0 Å². The predicted octanol–water partition coefficient (Wildman–Crippen LogP) is 6.74. The third-order valence-electron chi connectivity index (χ3n) is 6.63. The molecule has 0 unspecified atom stereocenters. The number of carbonyl (C=O) groups excluding carboxylic acids is 2. The van der Waals surface area contributed by atoms with E-state index < -0.39 is 18.0 Å². The summed E-state index contributed by atoms with van der Waals surface area (Å²) < 4.78 is 11.0. The van der Waals surface area contributed by atoms with Crippen molar-refractivity contribution in [1.82, 2.24) is 0 Å². The van der Waals surface area contributed by atoms with Crippen LogP contribution in [0, 0.1) is 0 Å². The van der Waals surface area contributed by atoms with Crippen LogP contribution in [0.3, 0.4) is 0 Å². The molecule has 3 aromatic rings. The van der Waals surface area contributed by atoms with Gasteiger partial charge in [-0.15, -0.1) is 0 Å². The number of rotatable bonds is 13. The standard InChI is InChI=1S/C34H41NO5/c1-23(2)33(37)40-31-19-18-27(22-39-34(38)32(36)28-14-8-7-9-15-28)20-29(31)16-10-12-26-13-11-17-30(21-26)35(24(3)4)25(5)6/h7-9,11,13-15,17-21,24-25,32,36H,1,10,12,16,22H2,2-6H3/t32-/m1/s1. The van der Waals surface area contributed by atoms with Crippen LogP contribution in [0.4, 0.5) is 5.69 Å². The fourth-order valence-corrected chi connectivity index (χ4v) is 4.76. The van der Waals surface area contributed by atoms with Crippen molar-refractivity contribution in [2.75, 3.05) is 4.90 Å². The molecule has 0 aromatic heterocycles. The molecule has 0 fully saturated rings. The van der Waals surface area contributed by atoms with Gasteiger partial charge in [-0.05, 0) is 100 Å². The Morgan fingerprint density at radius 3 is 2.23 bits per heavy atom. The first-order chi connectivity index (χ1) is 19.1. The van der Waals surface area contributed by atoms with Gasteiger partial charge in [-0.25, -0.2) is 9.59 Å². The molecule has 0 aliphatic heterocycles. The summed E-state index contributed by atoms with van der Waals surface area (Å²) >= 11 is 0. The molecule has 0 saturated carbocycles. The zero-order valence-electron chi connectivity index (χ0n) is 24.2. The minimum absolute atomic E-state index is 0.00722. The number of carbonyl (C=O) groups is 2. The minimum atomic E-state index is -1.35. The van der Waals surface area contributed by atoms with Gasteiger partial charge < -0.3 is 19.5 Å². The Morgan fingerprint density at radius 2 is 1.57 bits per heavy atom. The van der Waals surface area contributed by atoms with Crippen LogP contribution in [0.25, 0.3) is 0 Å². The Balaban J connectivity index is 1.71. The first-order valence-electron chi connectivity index (χ1n) is 13.8. The number of anilines is 1. The molecule has 6 nitrogen and oxygen atoms in total. The number of hydrogen-bond donors (Lipinski definition) is 1. The van der Waals surface area contributed by atoms with Crippen LogP contribution in [0.1, 0.15) is 69.4 Å². The monoisotopic (exact) mass is 543 g/mol. The zero-order chi connectivity index (χ0) is 29.2. The lowest BCUT2D eigenvalue weighted by Crippen LogP contribution is -2.36. The van der Waals surface area contributed by atoms with E-state index in [0.29, 0.717) is 35.4 Å². The second-order valence-electron chi connectivity index (χ2n) is 10.7. The van der Waals surface area contributed by atoms with Crippen molar-refractivity contribution in [3.8, 4) is 5.75 Å². The molecule has 40 heavy (non-hydrogen) atoms. The quantitative estimate of drug-likeness (QED) is 0.146. The summed E-state index contributed by atoms with van der Waals surface area (Å²) in [5, 5.41) is 10.3. The molecule has 1 atom stereocenters. The van der Waals surface area contributed by atoms with Gasteiger partial charge in [0.1, 0.15) is 12.4 Å². The normalized spacial score (nSPS) is 11.8. The summed E-state index contributed by atoms with van der Waals surface area (Å²) in [7, 11) is 0. The molecule has 3 aromatic carbocycles. The van der Waals surface area contributed by atoms with Gasteiger partial charge in [0.05, 0.1) is 0 Å². The second-order valence-corrected chi connectivity index (χ2v) is 10.7. The fraction of sp³-hybridized carbons (Fsp3) is 0.353. The summed E-state index contributed by atoms with van der Waals surface area (Å²) in [6.07, 6.45) is 0.999. The third-order valence-corrected chi connectivity index (χ3v) is 6.63. The maximum absolute atomic E-state index is 12.4. The van der Waals surface area contributed by atoms with Gasteiger partial charge in [0.2, 0.25) is 0 Å². The van der Waals surface area contributed by atoms with Crippen molar-refractivity contribution < 1.29 is 24.2 Å². The fourth-order valence-electron chi connectivity index (χ4n) is 4.76. The van der Waals surface area contributed by atoms with E-state index >= 15 is 0 Å². The predicted molar refractivity (Wildman–Crippen MR) is 159 cm³/mol. The number of hydrogen-bond acceptors (Lipinski definition) is 6.